The number of hydrogen-bond donors (Lipinski definition) is 1. The second-order valence-electron chi connectivity index (χ2n) is 7.77. The molecule has 33 heavy (non-hydrogen) atoms. The monoisotopic (exact) mass is 478 g/mol. The molecule has 1 saturated heterocycles. The first kappa shape index (κ1) is 25.0. The predicted molar refractivity (Wildman–Crippen MR) is 123 cm³/mol. The third-order valence-corrected chi connectivity index (χ3v) is 7.39. The molecule has 0 spiro atoms. The van der Waals surface area contributed by atoms with Gasteiger partial charge in [-0.3, -0.25) is 9.69 Å². The maximum atomic E-state index is 13.0. The van der Waals surface area contributed by atoms with Crippen LogP contribution in [0.4, 0.5) is 0 Å². The molecule has 1 heterocycles. The van der Waals surface area contributed by atoms with E-state index in [0.29, 0.717) is 55.5 Å². The molecule has 180 valence electrons. The number of β-amino-alcohol motifs (C(OH)–C–C–N with tert-alkyl or cyclic N) is 1. The molecule has 2 aromatic rings. The number of carbonyl (C=O) groups excluding carboxylic acids is 1. The summed E-state index contributed by atoms with van der Waals surface area (Å²) in [5.41, 5.74) is 0.601. The van der Waals surface area contributed by atoms with Crippen molar-refractivity contribution < 1.29 is 32.5 Å². The van der Waals surface area contributed by atoms with Crippen LogP contribution in [0.15, 0.2) is 47.4 Å². The van der Waals surface area contributed by atoms with E-state index in [0.717, 1.165) is 0 Å². The molecule has 2 aromatic carbocycles. The summed E-state index contributed by atoms with van der Waals surface area (Å²) in [6.07, 6.45) is -0.730. The van der Waals surface area contributed by atoms with E-state index in [1.165, 1.54) is 37.6 Å². The number of rotatable bonds is 10. The highest BCUT2D eigenvalue weighted by atomic mass is 32.2. The maximum absolute atomic E-state index is 13.0. The van der Waals surface area contributed by atoms with Crippen molar-refractivity contribution in [3.8, 4) is 17.2 Å². The summed E-state index contributed by atoms with van der Waals surface area (Å²) in [6.45, 7) is 3.60. The van der Waals surface area contributed by atoms with E-state index in [1.807, 2.05) is 4.90 Å². The minimum Gasteiger partial charge on any atom is -0.493 e. The molecule has 0 bridgehead atoms. The minimum absolute atomic E-state index is 0.0196. The van der Waals surface area contributed by atoms with E-state index in [9.17, 15) is 18.3 Å². The number of ketones is 1. The number of aliphatic hydroxyl groups is 1. The normalized spacial score (nSPS) is 16.2. The zero-order valence-electron chi connectivity index (χ0n) is 19.1. The fraction of sp³-hybridized carbons (Fsp3) is 0.435. The zero-order chi connectivity index (χ0) is 24.0. The Morgan fingerprint density at radius 3 is 2.21 bits per heavy atom. The molecular formula is C23H30N2O7S. The lowest BCUT2D eigenvalue weighted by Gasteiger charge is -2.34. The van der Waals surface area contributed by atoms with Crippen molar-refractivity contribution in [3.05, 3.63) is 48.0 Å². The number of piperazine rings is 1. The summed E-state index contributed by atoms with van der Waals surface area (Å²) in [5, 5.41) is 10.3. The molecule has 0 aromatic heterocycles. The summed E-state index contributed by atoms with van der Waals surface area (Å²) < 4.78 is 43.5. The average molecular weight is 479 g/mol. The molecule has 0 amide bonds. The van der Waals surface area contributed by atoms with Gasteiger partial charge in [0.15, 0.2) is 17.3 Å². The third-order valence-electron chi connectivity index (χ3n) is 5.50. The van der Waals surface area contributed by atoms with Gasteiger partial charge in [-0.2, -0.15) is 4.31 Å². The molecule has 1 atom stereocenters. The number of sulfonamides is 1. The Morgan fingerprint density at radius 1 is 1.00 bits per heavy atom. The number of ether oxygens (including phenoxy) is 3. The van der Waals surface area contributed by atoms with Crippen LogP contribution in [0.25, 0.3) is 0 Å². The van der Waals surface area contributed by atoms with Crippen molar-refractivity contribution in [1.29, 1.82) is 0 Å². The highest BCUT2D eigenvalue weighted by Gasteiger charge is 2.30. The summed E-state index contributed by atoms with van der Waals surface area (Å²) in [6, 6.07) is 11.3. The molecule has 0 aliphatic carbocycles. The third kappa shape index (κ3) is 6.23. The number of benzene rings is 2. The molecule has 0 saturated carbocycles. The number of aliphatic hydroxyl groups excluding tert-OH is 1. The van der Waals surface area contributed by atoms with E-state index >= 15 is 0 Å². The first-order valence-electron chi connectivity index (χ1n) is 10.6. The van der Waals surface area contributed by atoms with Gasteiger partial charge in [-0.1, -0.05) is 0 Å². The Hall–Kier alpha value is -2.66. The lowest BCUT2D eigenvalue weighted by molar-refractivity contribution is 0.0569. The maximum Gasteiger partial charge on any atom is 0.243 e. The van der Waals surface area contributed by atoms with Crippen LogP contribution in [0.5, 0.6) is 17.2 Å². The van der Waals surface area contributed by atoms with Crippen LogP contribution in [0.3, 0.4) is 0 Å². The fourth-order valence-electron chi connectivity index (χ4n) is 3.61. The number of methoxy groups -OCH3 is 2. The highest BCUT2D eigenvalue weighted by Crippen LogP contribution is 2.30. The van der Waals surface area contributed by atoms with Gasteiger partial charge in [0.2, 0.25) is 10.0 Å². The smallest absolute Gasteiger partial charge is 0.243 e. The Balaban J connectivity index is 1.50. The van der Waals surface area contributed by atoms with E-state index in [2.05, 4.69) is 0 Å². The standard InChI is InChI=1S/C23H30N2O7S/c1-17(26)18-4-6-20(7-5-18)32-16-19(27)15-24-10-12-25(13-11-24)33(28,29)21-8-9-22(30-2)23(14-21)31-3/h4-9,14,19,27H,10-13,15-16H2,1-3H3. The van der Waals surface area contributed by atoms with Crippen LogP contribution in [0.1, 0.15) is 17.3 Å². The first-order chi connectivity index (χ1) is 15.7. The summed E-state index contributed by atoms with van der Waals surface area (Å²) in [5.74, 6) is 1.38. The lowest BCUT2D eigenvalue weighted by Crippen LogP contribution is -2.50. The second-order valence-corrected chi connectivity index (χ2v) is 9.70. The quantitative estimate of drug-likeness (QED) is 0.514. The van der Waals surface area contributed by atoms with Crippen LogP contribution < -0.4 is 14.2 Å². The molecule has 1 N–H and O–H groups in total. The van der Waals surface area contributed by atoms with Crippen LogP contribution in [-0.2, 0) is 10.0 Å². The van der Waals surface area contributed by atoms with Gasteiger partial charge in [0.25, 0.3) is 0 Å². The summed E-state index contributed by atoms with van der Waals surface area (Å²) >= 11 is 0. The van der Waals surface area contributed by atoms with Gasteiger partial charge in [-0.25, -0.2) is 8.42 Å². The van der Waals surface area contributed by atoms with Crippen LogP contribution in [0.2, 0.25) is 0 Å². The van der Waals surface area contributed by atoms with Crippen molar-refractivity contribution in [2.45, 2.75) is 17.9 Å². The lowest BCUT2D eigenvalue weighted by atomic mass is 10.1. The topological polar surface area (TPSA) is 106 Å². The number of hydrogen-bond acceptors (Lipinski definition) is 8. The highest BCUT2D eigenvalue weighted by molar-refractivity contribution is 7.89. The molecule has 0 radical (unpaired) electrons. The molecule has 3 rings (SSSR count). The number of nitrogens with zero attached hydrogens (tertiary/aromatic N) is 2. The SMILES string of the molecule is COc1ccc(S(=O)(=O)N2CCN(CC(O)COc3ccc(C(C)=O)cc3)CC2)cc1OC. The predicted octanol–water partition coefficient (Wildman–Crippen LogP) is 1.65. The number of carbonyl (C=O) groups is 1. The van der Waals surface area contributed by atoms with Gasteiger partial charge in [0.05, 0.1) is 19.1 Å². The van der Waals surface area contributed by atoms with Gasteiger partial charge >= 0.3 is 0 Å². The van der Waals surface area contributed by atoms with Crippen molar-refractivity contribution in [1.82, 2.24) is 9.21 Å². The second kappa shape index (κ2) is 11.0. The molecule has 1 fully saturated rings. The van der Waals surface area contributed by atoms with E-state index in [4.69, 9.17) is 14.2 Å². The molecule has 1 unspecified atom stereocenters. The van der Waals surface area contributed by atoms with Gasteiger partial charge in [-0.05, 0) is 43.3 Å². The molecule has 1 aliphatic heterocycles. The minimum atomic E-state index is -3.67. The summed E-state index contributed by atoms with van der Waals surface area (Å²) in [7, 11) is -0.711. The molecule has 1 aliphatic rings. The molecular weight excluding hydrogens is 448 g/mol. The Morgan fingerprint density at radius 2 is 1.64 bits per heavy atom. The van der Waals surface area contributed by atoms with Gasteiger partial charge in [0.1, 0.15) is 18.5 Å². The van der Waals surface area contributed by atoms with Gasteiger partial charge < -0.3 is 19.3 Å². The number of Topliss-reactive ketones (excluding diaryl/α,β-unsaturated/α-hetero) is 1. The Labute approximate surface area is 194 Å². The van der Waals surface area contributed by atoms with Crippen LogP contribution >= 0.6 is 0 Å². The Bertz CT molecular complexity index is 1050. The van der Waals surface area contributed by atoms with Crippen LogP contribution in [0, 0.1) is 0 Å². The van der Waals surface area contributed by atoms with Crippen molar-refractivity contribution >= 4 is 15.8 Å². The van der Waals surface area contributed by atoms with Gasteiger partial charge in [-0.15, -0.1) is 0 Å². The van der Waals surface area contributed by atoms with Crippen molar-refractivity contribution in [2.24, 2.45) is 0 Å². The van der Waals surface area contributed by atoms with Crippen molar-refractivity contribution in [2.75, 3.05) is 53.6 Å². The fourth-order valence-corrected chi connectivity index (χ4v) is 5.05. The Kier molecular flexibility index (Phi) is 8.30. The van der Waals surface area contributed by atoms with Gasteiger partial charge in [0, 0.05) is 44.4 Å². The van der Waals surface area contributed by atoms with E-state index in [1.54, 1.807) is 30.3 Å². The zero-order valence-corrected chi connectivity index (χ0v) is 19.9. The average Bonchev–Trinajstić information content (AvgIpc) is 2.82. The molecule has 10 heteroatoms. The summed E-state index contributed by atoms with van der Waals surface area (Å²) in [4.78, 5) is 13.5. The molecule has 9 nitrogen and oxygen atoms in total. The van der Waals surface area contributed by atoms with Crippen LogP contribution in [-0.4, -0.2) is 88.2 Å². The van der Waals surface area contributed by atoms with E-state index < -0.39 is 16.1 Å². The van der Waals surface area contributed by atoms with Crippen molar-refractivity contribution in [3.63, 3.8) is 0 Å². The first-order valence-corrected chi connectivity index (χ1v) is 12.0. The largest absolute Gasteiger partial charge is 0.493 e. The van der Waals surface area contributed by atoms with E-state index in [-0.39, 0.29) is 17.3 Å².